The number of carbonyl (C=O) groups excluding carboxylic acids is 1. The van der Waals surface area contributed by atoms with Crippen LogP contribution in [-0.4, -0.2) is 45.3 Å². The Hall–Kier alpha value is -1.89. The summed E-state index contributed by atoms with van der Waals surface area (Å²) in [5, 5.41) is 13.9. The minimum Gasteiger partial charge on any atom is -0.480 e. The Bertz CT molecular complexity index is 594. The first-order valence-electron chi connectivity index (χ1n) is 5.30. The van der Waals surface area contributed by atoms with E-state index in [0.29, 0.717) is 4.88 Å². The van der Waals surface area contributed by atoms with Crippen LogP contribution in [0.1, 0.15) is 15.4 Å². The average molecular weight is 267 g/mol. The molecule has 7 heteroatoms. The van der Waals surface area contributed by atoms with Crippen molar-refractivity contribution < 1.29 is 14.7 Å². The average Bonchev–Trinajstić information content (AvgIpc) is 2.80. The highest BCUT2D eigenvalue weighted by molar-refractivity contribution is 7.20. The maximum atomic E-state index is 12.0. The summed E-state index contributed by atoms with van der Waals surface area (Å²) in [5.74, 6) is -1.30. The summed E-state index contributed by atoms with van der Waals surface area (Å²) in [6, 6.07) is 1.77. The number of carbonyl (C=O) groups is 2. The maximum Gasteiger partial charge on any atom is 0.323 e. The van der Waals surface area contributed by atoms with E-state index < -0.39 is 5.97 Å². The molecule has 2 heterocycles. The van der Waals surface area contributed by atoms with E-state index in [1.807, 2.05) is 14.0 Å². The van der Waals surface area contributed by atoms with Gasteiger partial charge in [-0.3, -0.25) is 14.3 Å². The van der Waals surface area contributed by atoms with Gasteiger partial charge in [0.15, 0.2) is 0 Å². The Morgan fingerprint density at radius 2 is 2.22 bits per heavy atom. The van der Waals surface area contributed by atoms with E-state index in [1.54, 1.807) is 10.7 Å². The third-order valence-electron chi connectivity index (χ3n) is 2.63. The van der Waals surface area contributed by atoms with Gasteiger partial charge in [-0.1, -0.05) is 0 Å². The third kappa shape index (κ3) is 2.08. The molecule has 0 unspecified atom stereocenters. The molecule has 0 aliphatic carbocycles. The van der Waals surface area contributed by atoms with Crippen molar-refractivity contribution >= 4 is 33.4 Å². The summed E-state index contributed by atoms with van der Waals surface area (Å²) in [7, 11) is 3.30. The van der Waals surface area contributed by atoms with E-state index in [0.717, 1.165) is 15.9 Å². The van der Waals surface area contributed by atoms with Gasteiger partial charge in [0.1, 0.15) is 11.4 Å². The Kier molecular flexibility index (Phi) is 3.08. The van der Waals surface area contributed by atoms with Crippen LogP contribution in [-0.2, 0) is 11.8 Å². The number of hydrogen-bond donors (Lipinski definition) is 1. The molecular weight excluding hydrogens is 254 g/mol. The second kappa shape index (κ2) is 4.41. The molecule has 2 aromatic rings. The van der Waals surface area contributed by atoms with Gasteiger partial charge in [-0.25, -0.2) is 0 Å². The fourth-order valence-corrected chi connectivity index (χ4v) is 2.89. The molecule has 18 heavy (non-hydrogen) atoms. The fourth-order valence-electron chi connectivity index (χ4n) is 1.77. The molecule has 6 nitrogen and oxygen atoms in total. The molecule has 2 rings (SSSR count). The van der Waals surface area contributed by atoms with Crippen molar-refractivity contribution in [3.8, 4) is 0 Å². The van der Waals surface area contributed by atoms with Crippen molar-refractivity contribution in [2.24, 2.45) is 7.05 Å². The minimum atomic E-state index is -1.02. The zero-order valence-electron chi connectivity index (χ0n) is 10.3. The molecule has 0 aromatic carbocycles. The second-order valence-electron chi connectivity index (χ2n) is 4.09. The van der Waals surface area contributed by atoms with E-state index in [2.05, 4.69) is 5.10 Å². The van der Waals surface area contributed by atoms with Crippen LogP contribution in [0.2, 0.25) is 0 Å². The molecule has 0 radical (unpaired) electrons. The summed E-state index contributed by atoms with van der Waals surface area (Å²) in [4.78, 5) is 25.2. The quantitative estimate of drug-likeness (QED) is 0.903. The first-order valence-corrected chi connectivity index (χ1v) is 6.12. The smallest absolute Gasteiger partial charge is 0.323 e. The number of rotatable bonds is 3. The molecule has 0 aliphatic heterocycles. The summed E-state index contributed by atoms with van der Waals surface area (Å²) in [6.07, 6.45) is 0. The van der Waals surface area contributed by atoms with Crippen LogP contribution in [0.4, 0.5) is 0 Å². The lowest BCUT2D eigenvalue weighted by Crippen LogP contribution is -2.31. The van der Waals surface area contributed by atoms with Gasteiger partial charge in [-0.05, 0) is 13.0 Å². The van der Waals surface area contributed by atoms with Crippen LogP contribution >= 0.6 is 11.3 Å². The molecule has 1 N–H and O–H groups in total. The van der Waals surface area contributed by atoms with Gasteiger partial charge in [-0.2, -0.15) is 5.10 Å². The SMILES string of the molecule is Cc1nn(C)c2sc(C(=O)N(C)CC(=O)O)cc12. The lowest BCUT2D eigenvalue weighted by molar-refractivity contribution is -0.137. The largest absolute Gasteiger partial charge is 0.480 e. The summed E-state index contributed by atoms with van der Waals surface area (Å²) in [6.45, 7) is 1.58. The highest BCUT2D eigenvalue weighted by atomic mass is 32.1. The fraction of sp³-hybridized carbons (Fsp3) is 0.364. The molecule has 0 spiro atoms. The monoisotopic (exact) mass is 267 g/mol. The number of hydrogen-bond acceptors (Lipinski definition) is 4. The Balaban J connectivity index is 2.34. The first-order chi connectivity index (χ1) is 8.40. The standard InChI is InChI=1S/C11H13N3O3S/c1-6-7-4-8(18-11(7)14(3)12-6)10(17)13(2)5-9(15)16/h4H,5H2,1-3H3,(H,15,16). The van der Waals surface area contributed by atoms with E-state index in [4.69, 9.17) is 5.11 Å². The number of carboxylic acid groups (broad SMARTS) is 1. The van der Waals surface area contributed by atoms with Gasteiger partial charge in [0, 0.05) is 19.5 Å². The first kappa shape index (κ1) is 12.6. The summed E-state index contributed by atoms with van der Waals surface area (Å²) in [5.41, 5.74) is 0.865. The third-order valence-corrected chi connectivity index (χ3v) is 3.82. The molecular formula is C11H13N3O3S. The summed E-state index contributed by atoms with van der Waals surface area (Å²) < 4.78 is 1.73. The number of aryl methyl sites for hydroxylation is 2. The number of aliphatic carboxylic acids is 1. The van der Waals surface area contributed by atoms with Crippen molar-refractivity contribution in [2.75, 3.05) is 13.6 Å². The Morgan fingerprint density at radius 3 is 2.78 bits per heavy atom. The number of thiophene rings is 1. The van der Waals surface area contributed by atoms with E-state index in [1.165, 1.54) is 23.3 Å². The molecule has 96 valence electrons. The summed E-state index contributed by atoms with van der Waals surface area (Å²) >= 11 is 1.32. The van der Waals surface area contributed by atoms with Crippen LogP contribution in [0.15, 0.2) is 6.07 Å². The Labute approximate surface area is 107 Å². The number of carboxylic acids is 1. The lowest BCUT2D eigenvalue weighted by atomic mass is 10.3. The van der Waals surface area contributed by atoms with Gasteiger partial charge in [0.25, 0.3) is 5.91 Å². The predicted molar refractivity (Wildman–Crippen MR) is 67.9 cm³/mol. The molecule has 0 aliphatic rings. The van der Waals surface area contributed by atoms with Crippen LogP contribution < -0.4 is 0 Å². The molecule has 0 atom stereocenters. The number of fused-ring (bicyclic) bond motifs is 1. The van der Waals surface area contributed by atoms with Crippen molar-refractivity contribution in [3.63, 3.8) is 0 Å². The second-order valence-corrected chi connectivity index (χ2v) is 5.12. The zero-order valence-corrected chi connectivity index (χ0v) is 11.1. The highest BCUT2D eigenvalue weighted by Gasteiger charge is 2.19. The van der Waals surface area contributed by atoms with Crippen molar-refractivity contribution in [1.82, 2.24) is 14.7 Å². The molecule has 0 saturated heterocycles. The molecule has 0 fully saturated rings. The van der Waals surface area contributed by atoms with Gasteiger partial charge < -0.3 is 10.0 Å². The highest BCUT2D eigenvalue weighted by Crippen LogP contribution is 2.28. The molecule has 1 amide bonds. The molecule has 2 aromatic heterocycles. The maximum absolute atomic E-state index is 12.0. The van der Waals surface area contributed by atoms with Crippen LogP contribution in [0.3, 0.4) is 0 Å². The normalized spacial score (nSPS) is 10.8. The van der Waals surface area contributed by atoms with Gasteiger partial charge in [-0.15, -0.1) is 11.3 Å². The molecule has 0 saturated carbocycles. The van der Waals surface area contributed by atoms with Gasteiger partial charge in [0.05, 0.1) is 10.6 Å². The minimum absolute atomic E-state index is 0.280. The van der Waals surface area contributed by atoms with Gasteiger partial charge >= 0.3 is 5.97 Å². The number of aromatic nitrogens is 2. The number of amides is 1. The van der Waals surface area contributed by atoms with Crippen molar-refractivity contribution in [2.45, 2.75) is 6.92 Å². The van der Waals surface area contributed by atoms with Crippen molar-refractivity contribution in [1.29, 1.82) is 0 Å². The van der Waals surface area contributed by atoms with Crippen LogP contribution in [0.5, 0.6) is 0 Å². The van der Waals surface area contributed by atoms with Gasteiger partial charge in [0.2, 0.25) is 0 Å². The van der Waals surface area contributed by atoms with Crippen LogP contribution in [0, 0.1) is 6.92 Å². The predicted octanol–water partition coefficient (Wildman–Crippen LogP) is 1.10. The number of nitrogens with zero attached hydrogens (tertiary/aromatic N) is 3. The number of likely N-dealkylation sites (N-methyl/N-ethyl adjacent to an activating group) is 1. The van der Waals surface area contributed by atoms with Crippen molar-refractivity contribution in [3.05, 3.63) is 16.6 Å². The van der Waals surface area contributed by atoms with E-state index in [9.17, 15) is 9.59 Å². The Morgan fingerprint density at radius 1 is 1.56 bits per heavy atom. The van der Waals surface area contributed by atoms with E-state index >= 15 is 0 Å². The lowest BCUT2D eigenvalue weighted by Gasteiger charge is -2.12. The topological polar surface area (TPSA) is 75.4 Å². The molecule has 0 bridgehead atoms. The van der Waals surface area contributed by atoms with E-state index in [-0.39, 0.29) is 12.5 Å². The van der Waals surface area contributed by atoms with Crippen LogP contribution in [0.25, 0.3) is 10.2 Å². The zero-order chi connectivity index (χ0) is 13.4.